The van der Waals surface area contributed by atoms with Crippen LogP contribution in [0.1, 0.15) is 28.3 Å². The van der Waals surface area contributed by atoms with Crippen molar-refractivity contribution in [1.82, 2.24) is 0 Å². The maximum absolute atomic E-state index is 6.45. The van der Waals surface area contributed by atoms with E-state index in [1.807, 2.05) is 11.3 Å². The van der Waals surface area contributed by atoms with Crippen LogP contribution in [0.4, 0.5) is 0 Å². The van der Waals surface area contributed by atoms with E-state index >= 15 is 0 Å². The molecule has 0 aliphatic rings. The van der Waals surface area contributed by atoms with Crippen LogP contribution in [-0.2, 0) is 12.8 Å². The van der Waals surface area contributed by atoms with E-state index in [0.29, 0.717) is 0 Å². The molecule has 2 heteroatoms. The summed E-state index contributed by atoms with van der Waals surface area (Å²) in [6.07, 6.45) is 2.02. The van der Waals surface area contributed by atoms with Crippen LogP contribution < -0.4 is 5.73 Å². The van der Waals surface area contributed by atoms with Gasteiger partial charge in [0.2, 0.25) is 0 Å². The van der Waals surface area contributed by atoms with E-state index in [1.165, 1.54) is 26.1 Å². The van der Waals surface area contributed by atoms with E-state index in [1.54, 1.807) is 0 Å². The maximum atomic E-state index is 6.45. The van der Waals surface area contributed by atoms with Crippen LogP contribution >= 0.6 is 11.3 Å². The standard InChI is InChI=1S/C18H19NS/c1-2-14-10-11-15(20-14)12-18(19)17-9-5-7-13-6-3-4-8-16(13)17/h3-11,18H,2,12,19H2,1H3. The third-order valence-corrected chi connectivity index (χ3v) is 4.96. The Bertz CT molecular complexity index is 709. The first-order valence-electron chi connectivity index (χ1n) is 7.08. The lowest BCUT2D eigenvalue weighted by molar-refractivity contribution is 0.736. The molecule has 1 nitrogen and oxygen atoms in total. The summed E-state index contributed by atoms with van der Waals surface area (Å²) in [5, 5.41) is 2.54. The second-order valence-electron chi connectivity index (χ2n) is 5.10. The molecule has 1 heterocycles. The van der Waals surface area contributed by atoms with Gasteiger partial charge in [-0.15, -0.1) is 11.3 Å². The molecule has 3 aromatic rings. The van der Waals surface area contributed by atoms with Crippen molar-refractivity contribution < 1.29 is 0 Å². The lowest BCUT2D eigenvalue weighted by Gasteiger charge is -2.14. The molecular formula is C18H19NS. The van der Waals surface area contributed by atoms with Gasteiger partial charge in [-0.05, 0) is 34.9 Å². The van der Waals surface area contributed by atoms with Crippen molar-refractivity contribution in [3.63, 3.8) is 0 Å². The zero-order valence-electron chi connectivity index (χ0n) is 11.7. The molecule has 2 N–H and O–H groups in total. The Morgan fingerprint density at radius 3 is 2.50 bits per heavy atom. The number of rotatable bonds is 4. The van der Waals surface area contributed by atoms with Gasteiger partial charge in [-0.2, -0.15) is 0 Å². The molecule has 0 radical (unpaired) electrons. The van der Waals surface area contributed by atoms with Crippen LogP contribution in [0.5, 0.6) is 0 Å². The van der Waals surface area contributed by atoms with E-state index in [9.17, 15) is 0 Å². The number of hydrogen-bond donors (Lipinski definition) is 1. The molecule has 0 saturated heterocycles. The normalized spacial score (nSPS) is 12.7. The van der Waals surface area contributed by atoms with Crippen LogP contribution in [-0.4, -0.2) is 0 Å². The number of fused-ring (bicyclic) bond motifs is 1. The van der Waals surface area contributed by atoms with E-state index in [0.717, 1.165) is 12.8 Å². The minimum absolute atomic E-state index is 0.0597. The van der Waals surface area contributed by atoms with Crippen molar-refractivity contribution in [3.8, 4) is 0 Å². The summed E-state index contributed by atoms with van der Waals surface area (Å²) < 4.78 is 0. The van der Waals surface area contributed by atoms with Crippen molar-refractivity contribution in [2.45, 2.75) is 25.8 Å². The Hall–Kier alpha value is -1.64. The third-order valence-electron chi connectivity index (χ3n) is 3.71. The van der Waals surface area contributed by atoms with Gasteiger partial charge in [0.05, 0.1) is 0 Å². The van der Waals surface area contributed by atoms with Crippen molar-refractivity contribution in [1.29, 1.82) is 0 Å². The fourth-order valence-corrected chi connectivity index (χ4v) is 3.64. The molecule has 0 saturated carbocycles. The number of nitrogens with two attached hydrogens (primary N) is 1. The highest BCUT2D eigenvalue weighted by Gasteiger charge is 2.11. The predicted octanol–water partition coefficient (Wildman–Crippen LogP) is 4.71. The average Bonchev–Trinajstić information content (AvgIpc) is 2.94. The van der Waals surface area contributed by atoms with Crippen molar-refractivity contribution in [3.05, 3.63) is 69.9 Å². The molecule has 0 amide bonds. The minimum atomic E-state index is 0.0597. The molecule has 0 fully saturated rings. The second-order valence-corrected chi connectivity index (χ2v) is 6.35. The quantitative estimate of drug-likeness (QED) is 0.736. The fraction of sp³-hybridized carbons (Fsp3) is 0.222. The highest BCUT2D eigenvalue weighted by Crippen LogP contribution is 2.27. The molecule has 1 unspecified atom stereocenters. The van der Waals surface area contributed by atoms with Crippen molar-refractivity contribution in [2.75, 3.05) is 0 Å². The van der Waals surface area contributed by atoms with Crippen molar-refractivity contribution in [2.24, 2.45) is 5.73 Å². The monoisotopic (exact) mass is 281 g/mol. The topological polar surface area (TPSA) is 26.0 Å². The summed E-state index contributed by atoms with van der Waals surface area (Å²) in [5.74, 6) is 0. The van der Waals surface area contributed by atoms with Gasteiger partial charge in [0, 0.05) is 22.2 Å². The first-order valence-corrected chi connectivity index (χ1v) is 7.90. The molecule has 20 heavy (non-hydrogen) atoms. The highest BCUT2D eigenvalue weighted by atomic mass is 32.1. The van der Waals surface area contributed by atoms with Gasteiger partial charge in [0.15, 0.2) is 0 Å². The zero-order valence-corrected chi connectivity index (χ0v) is 12.5. The summed E-state index contributed by atoms with van der Waals surface area (Å²) in [6, 6.07) is 19.4. The Labute approximate surface area is 124 Å². The molecular weight excluding hydrogens is 262 g/mol. The number of hydrogen-bond acceptors (Lipinski definition) is 2. The van der Waals surface area contributed by atoms with Crippen LogP contribution in [0.15, 0.2) is 54.6 Å². The van der Waals surface area contributed by atoms with E-state index < -0.39 is 0 Å². The van der Waals surface area contributed by atoms with Crippen LogP contribution in [0.25, 0.3) is 10.8 Å². The fourth-order valence-electron chi connectivity index (χ4n) is 2.62. The summed E-state index contributed by atoms with van der Waals surface area (Å²) in [6.45, 7) is 2.19. The minimum Gasteiger partial charge on any atom is -0.324 e. The lowest BCUT2D eigenvalue weighted by Crippen LogP contribution is -2.13. The first kappa shape index (κ1) is 13.3. The zero-order chi connectivity index (χ0) is 13.9. The SMILES string of the molecule is CCc1ccc(CC(N)c2cccc3ccccc23)s1. The maximum Gasteiger partial charge on any atom is 0.0349 e. The van der Waals surface area contributed by atoms with Gasteiger partial charge in [0.25, 0.3) is 0 Å². The highest BCUT2D eigenvalue weighted by molar-refractivity contribution is 7.11. The van der Waals surface area contributed by atoms with E-state index in [4.69, 9.17) is 5.73 Å². The molecule has 1 aromatic heterocycles. The van der Waals surface area contributed by atoms with Gasteiger partial charge in [-0.1, -0.05) is 49.4 Å². The average molecular weight is 281 g/mol. The van der Waals surface area contributed by atoms with Gasteiger partial charge < -0.3 is 5.73 Å². The van der Waals surface area contributed by atoms with Crippen LogP contribution in [0, 0.1) is 0 Å². The smallest absolute Gasteiger partial charge is 0.0349 e. The summed E-state index contributed by atoms with van der Waals surface area (Å²) in [7, 11) is 0. The Morgan fingerprint density at radius 2 is 1.70 bits per heavy atom. The van der Waals surface area contributed by atoms with E-state index in [-0.39, 0.29) is 6.04 Å². The van der Waals surface area contributed by atoms with Crippen molar-refractivity contribution >= 4 is 22.1 Å². The summed E-state index contributed by atoms with van der Waals surface area (Å²) >= 11 is 1.88. The predicted molar refractivity (Wildman–Crippen MR) is 88.3 cm³/mol. The van der Waals surface area contributed by atoms with Crippen LogP contribution in [0.2, 0.25) is 0 Å². The Balaban J connectivity index is 1.90. The third kappa shape index (κ3) is 2.62. The molecule has 0 spiro atoms. The lowest BCUT2D eigenvalue weighted by atomic mass is 9.97. The second kappa shape index (κ2) is 5.78. The molecule has 0 aliphatic heterocycles. The van der Waals surface area contributed by atoms with Gasteiger partial charge in [-0.3, -0.25) is 0 Å². The molecule has 2 aromatic carbocycles. The molecule has 0 aliphatic carbocycles. The molecule has 3 rings (SSSR count). The number of aryl methyl sites for hydroxylation is 1. The largest absolute Gasteiger partial charge is 0.324 e. The Morgan fingerprint density at radius 1 is 0.950 bits per heavy atom. The summed E-state index contributed by atoms with van der Waals surface area (Å²) in [5.41, 5.74) is 7.70. The first-order chi connectivity index (χ1) is 9.78. The van der Waals surface area contributed by atoms with Gasteiger partial charge in [-0.25, -0.2) is 0 Å². The molecule has 102 valence electrons. The number of thiophene rings is 1. The van der Waals surface area contributed by atoms with Crippen LogP contribution in [0.3, 0.4) is 0 Å². The van der Waals surface area contributed by atoms with Gasteiger partial charge in [0.1, 0.15) is 0 Å². The van der Waals surface area contributed by atoms with E-state index in [2.05, 4.69) is 61.5 Å². The van der Waals surface area contributed by atoms with Gasteiger partial charge >= 0.3 is 0 Å². The summed E-state index contributed by atoms with van der Waals surface area (Å²) in [4.78, 5) is 2.81. The Kier molecular flexibility index (Phi) is 3.86. The molecule has 1 atom stereocenters. The molecule has 0 bridgehead atoms. The number of benzene rings is 2.